The first-order valence-corrected chi connectivity index (χ1v) is 6.07. The van der Waals surface area contributed by atoms with Crippen LogP contribution in [-0.2, 0) is 0 Å². The Bertz CT molecular complexity index is 673. The Kier molecular flexibility index (Phi) is 4.27. The Morgan fingerprint density at radius 3 is 2.48 bits per heavy atom. The third-order valence-electron chi connectivity index (χ3n) is 2.86. The van der Waals surface area contributed by atoms with Crippen LogP contribution in [0.5, 0.6) is 17.2 Å². The largest absolute Gasteiger partial charge is 0.507 e. The lowest BCUT2D eigenvalue weighted by Crippen LogP contribution is -2.12. The maximum absolute atomic E-state index is 13.5. The van der Waals surface area contributed by atoms with E-state index in [9.17, 15) is 14.3 Å². The summed E-state index contributed by atoms with van der Waals surface area (Å²) in [6.07, 6.45) is 0. The molecule has 0 aliphatic rings. The van der Waals surface area contributed by atoms with Crippen molar-refractivity contribution in [2.75, 3.05) is 19.5 Å². The molecule has 0 saturated heterocycles. The Morgan fingerprint density at radius 1 is 1.14 bits per heavy atom. The number of anilines is 1. The van der Waals surface area contributed by atoms with Crippen LogP contribution in [-0.4, -0.2) is 25.2 Å². The van der Waals surface area contributed by atoms with E-state index < -0.39 is 11.7 Å². The molecule has 0 heterocycles. The molecule has 110 valence electrons. The molecule has 0 bridgehead atoms. The van der Waals surface area contributed by atoms with Gasteiger partial charge in [0, 0.05) is 17.8 Å². The van der Waals surface area contributed by atoms with Gasteiger partial charge in [0.2, 0.25) is 0 Å². The lowest BCUT2D eigenvalue weighted by molar-refractivity contribution is 0.102. The smallest absolute Gasteiger partial charge is 0.259 e. The standard InChI is InChI=1S/C15H14FNO4/c1-20-10-4-5-11(13(18)8-10)15(19)17-9-3-6-14(21-2)12(16)7-9/h3-8,18H,1-2H3,(H,17,19). The van der Waals surface area contributed by atoms with Crippen LogP contribution in [0.2, 0.25) is 0 Å². The van der Waals surface area contributed by atoms with Crippen LogP contribution in [0.4, 0.5) is 10.1 Å². The van der Waals surface area contributed by atoms with Crippen molar-refractivity contribution in [3.05, 3.63) is 47.8 Å². The molecule has 0 aliphatic heterocycles. The zero-order chi connectivity index (χ0) is 15.4. The summed E-state index contributed by atoms with van der Waals surface area (Å²) in [4.78, 5) is 12.0. The van der Waals surface area contributed by atoms with Gasteiger partial charge < -0.3 is 19.9 Å². The zero-order valence-corrected chi connectivity index (χ0v) is 11.5. The average Bonchev–Trinajstić information content (AvgIpc) is 2.47. The minimum atomic E-state index is -0.589. The van der Waals surface area contributed by atoms with Gasteiger partial charge >= 0.3 is 0 Å². The summed E-state index contributed by atoms with van der Waals surface area (Å²) in [5.74, 6) is -0.852. The molecule has 21 heavy (non-hydrogen) atoms. The van der Waals surface area contributed by atoms with Crippen molar-refractivity contribution in [3.63, 3.8) is 0 Å². The molecule has 6 heteroatoms. The van der Waals surface area contributed by atoms with Gasteiger partial charge in [0.15, 0.2) is 11.6 Å². The second-order valence-corrected chi connectivity index (χ2v) is 4.19. The topological polar surface area (TPSA) is 67.8 Å². The molecular weight excluding hydrogens is 277 g/mol. The molecular formula is C15H14FNO4. The molecule has 1 amide bonds. The normalized spacial score (nSPS) is 10.0. The van der Waals surface area contributed by atoms with Crippen molar-refractivity contribution in [2.45, 2.75) is 0 Å². The fourth-order valence-electron chi connectivity index (χ4n) is 1.77. The number of nitrogens with one attached hydrogen (secondary N) is 1. The number of aromatic hydroxyl groups is 1. The molecule has 0 aliphatic carbocycles. The summed E-state index contributed by atoms with van der Waals surface area (Å²) in [6, 6.07) is 8.33. The number of rotatable bonds is 4. The minimum absolute atomic E-state index is 0.0621. The van der Waals surface area contributed by atoms with Crippen molar-refractivity contribution in [2.24, 2.45) is 0 Å². The van der Waals surface area contributed by atoms with Gasteiger partial charge in [-0.15, -0.1) is 0 Å². The molecule has 0 fully saturated rings. The molecule has 2 aromatic rings. The molecule has 0 spiro atoms. The Balaban J connectivity index is 2.20. The van der Waals surface area contributed by atoms with Gasteiger partial charge in [0.05, 0.1) is 19.8 Å². The lowest BCUT2D eigenvalue weighted by Gasteiger charge is -2.09. The first-order valence-electron chi connectivity index (χ1n) is 6.07. The number of halogens is 1. The third kappa shape index (κ3) is 3.22. The van der Waals surface area contributed by atoms with Crippen molar-refractivity contribution in [3.8, 4) is 17.2 Å². The summed E-state index contributed by atoms with van der Waals surface area (Å²) in [6.45, 7) is 0. The average molecular weight is 291 g/mol. The van der Waals surface area contributed by atoms with E-state index in [4.69, 9.17) is 9.47 Å². The summed E-state index contributed by atoms with van der Waals surface area (Å²) < 4.78 is 23.3. The predicted molar refractivity (Wildman–Crippen MR) is 75.6 cm³/mol. The highest BCUT2D eigenvalue weighted by molar-refractivity contribution is 6.06. The van der Waals surface area contributed by atoms with Gasteiger partial charge in [-0.3, -0.25) is 4.79 Å². The van der Waals surface area contributed by atoms with E-state index in [-0.39, 0.29) is 22.7 Å². The second-order valence-electron chi connectivity index (χ2n) is 4.19. The van der Waals surface area contributed by atoms with Crippen LogP contribution in [0.25, 0.3) is 0 Å². The molecule has 5 nitrogen and oxygen atoms in total. The van der Waals surface area contributed by atoms with Gasteiger partial charge in [-0.05, 0) is 24.3 Å². The van der Waals surface area contributed by atoms with Crippen LogP contribution >= 0.6 is 0 Å². The van der Waals surface area contributed by atoms with E-state index >= 15 is 0 Å². The van der Waals surface area contributed by atoms with Crippen molar-refractivity contribution >= 4 is 11.6 Å². The first-order chi connectivity index (χ1) is 10.0. The number of methoxy groups -OCH3 is 2. The molecule has 0 atom stereocenters. The van der Waals surface area contributed by atoms with Gasteiger partial charge in [-0.25, -0.2) is 4.39 Å². The van der Waals surface area contributed by atoms with E-state index in [1.54, 1.807) is 6.07 Å². The Hall–Kier alpha value is -2.76. The van der Waals surface area contributed by atoms with E-state index in [0.29, 0.717) is 5.75 Å². The highest BCUT2D eigenvalue weighted by Crippen LogP contribution is 2.25. The number of benzene rings is 2. The van der Waals surface area contributed by atoms with E-state index in [2.05, 4.69) is 5.32 Å². The van der Waals surface area contributed by atoms with Gasteiger partial charge in [-0.1, -0.05) is 0 Å². The van der Waals surface area contributed by atoms with Crippen molar-refractivity contribution in [1.29, 1.82) is 0 Å². The minimum Gasteiger partial charge on any atom is -0.507 e. The summed E-state index contributed by atoms with van der Waals surface area (Å²) in [7, 11) is 2.81. The number of carbonyl (C=O) groups is 1. The lowest BCUT2D eigenvalue weighted by atomic mass is 10.1. The van der Waals surface area contributed by atoms with Crippen LogP contribution in [0.15, 0.2) is 36.4 Å². The molecule has 0 unspecified atom stereocenters. The van der Waals surface area contributed by atoms with E-state index in [0.717, 1.165) is 6.07 Å². The zero-order valence-electron chi connectivity index (χ0n) is 11.5. The van der Waals surface area contributed by atoms with Crippen molar-refractivity contribution in [1.82, 2.24) is 0 Å². The Labute approximate surface area is 120 Å². The number of phenols is 1. The second kappa shape index (κ2) is 6.13. The highest BCUT2D eigenvalue weighted by Gasteiger charge is 2.13. The molecule has 0 saturated carbocycles. The summed E-state index contributed by atoms with van der Waals surface area (Å²) in [5, 5.41) is 12.3. The quantitative estimate of drug-likeness (QED) is 0.909. The van der Waals surface area contributed by atoms with Crippen LogP contribution in [0, 0.1) is 5.82 Å². The molecule has 0 aromatic heterocycles. The first kappa shape index (κ1) is 14.6. The fourth-order valence-corrected chi connectivity index (χ4v) is 1.77. The van der Waals surface area contributed by atoms with Gasteiger partial charge in [0.1, 0.15) is 11.5 Å². The SMILES string of the molecule is COc1ccc(C(=O)Nc2ccc(OC)c(F)c2)c(O)c1. The van der Waals surface area contributed by atoms with E-state index in [1.165, 1.54) is 38.5 Å². The fraction of sp³-hybridized carbons (Fsp3) is 0.133. The number of amides is 1. The van der Waals surface area contributed by atoms with Crippen LogP contribution in [0.3, 0.4) is 0 Å². The number of phenolic OH excluding ortho intramolecular Hbond substituents is 1. The molecule has 2 N–H and O–H groups in total. The maximum Gasteiger partial charge on any atom is 0.259 e. The van der Waals surface area contributed by atoms with Gasteiger partial charge in [-0.2, -0.15) is 0 Å². The van der Waals surface area contributed by atoms with E-state index in [1.807, 2.05) is 0 Å². The van der Waals surface area contributed by atoms with Gasteiger partial charge in [0.25, 0.3) is 5.91 Å². The summed E-state index contributed by atoms with van der Waals surface area (Å²) in [5.41, 5.74) is 0.320. The monoisotopic (exact) mass is 291 g/mol. The molecule has 2 rings (SSSR count). The Morgan fingerprint density at radius 2 is 1.90 bits per heavy atom. The number of ether oxygens (including phenoxy) is 2. The number of hydrogen-bond acceptors (Lipinski definition) is 4. The highest BCUT2D eigenvalue weighted by atomic mass is 19.1. The number of hydrogen-bond donors (Lipinski definition) is 2. The molecule has 0 radical (unpaired) electrons. The van der Waals surface area contributed by atoms with Crippen LogP contribution < -0.4 is 14.8 Å². The number of carbonyl (C=O) groups excluding carboxylic acids is 1. The maximum atomic E-state index is 13.5. The predicted octanol–water partition coefficient (Wildman–Crippen LogP) is 2.80. The summed E-state index contributed by atoms with van der Waals surface area (Å²) >= 11 is 0. The van der Waals surface area contributed by atoms with Crippen molar-refractivity contribution < 1.29 is 23.8 Å². The van der Waals surface area contributed by atoms with Crippen LogP contribution in [0.1, 0.15) is 10.4 Å². The molecule has 2 aromatic carbocycles. The third-order valence-corrected chi connectivity index (χ3v) is 2.86.